The van der Waals surface area contributed by atoms with Gasteiger partial charge in [0.15, 0.2) is 5.58 Å². The van der Waals surface area contributed by atoms with Crippen LogP contribution in [0, 0.1) is 0 Å². The van der Waals surface area contributed by atoms with Crippen molar-refractivity contribution in [1.29, 1.82) is 0 Å². The van der Waals surface area contributed by atoms with Crippen LogP contribution in [0.15, 0.2) is 82.8 Å². The molecule has 2 aromatic carbocycles. The second-order valence-electron chi connectivity index (χ2n) is 6.92. The molecule has 5 rings (SSSR count). The standard InChI is InChI=1S/C10H7NO3.C10H7NO2S.C6H5NO2S/c2*12-10(13)6-5-9-11-7-3-1-2-4-8(7)14-9;8-6(9)2-1-5-7-3-4-10-5/h2*1-6H,(H,12,13);1-4H,(H,8,9). The van der Waals surface area contributed by atoms with E-state index in [1.165, 1.54) is 40.9 Å². The minimum absolute atomic E-state index is 0.300. The van der Waals surface area contributed by atoms with E-state index in [1.54, 1.807) is 23.7 Å². The Labute approximate surface area is 223 Å². The first-order chi connectivity index (χ1) is 18.3. The first-order valence-corrected chi connectivity index (χ1v) is 12.3. The van der Waals surface area contributed by atoms with Gasteiger partial charge >= 0.3 is 17.9 Å². The number of benzene rings is 2. The summed E-state index contributed by atoms with van der Waals surface area (Å²) in [7, 11) is 0. The van der Waals surface area contributed by atoms with Gasteiger partial charge in [-0.05, 0) is 36.4 Å². The SMILES string of the molecule is O=C(O)C=Cc1nc2ccccc2o1.O=C(O)C=Cc1nc2ccccc2s1.O=C(O)C=Cc1nccs1. The van der Waals surface area contributed by atoms with Gasteiger partial charge in [0.2, 0.25) is 5.89 Å². The van der Waals surface area contributed by atoms with Gasteiger partial charge in [-0.1, -0.05) is 24.3 Å². The monoisotopic (exact) mass is 549 g/mol. The van der Waals surface area contributed by atoms with Gasteiger partial charge in [0.05, 0.1) is 10.2 Å². The summed E-state index contributed by atoms with van der Waals surface area (Å²) < 4.78 is 6.32. The Kier molecular flexibility index (Phi) is 10.2. The fourth-order valence-electron chi connectivity index (χ4n) is 2.67. The van der Waals surface area contributed by atoms with Gasteiger partial charge < -0.3 is 19.7 Å². The number of rotatable bonds is 6. The molecule has 0 spiro atoms. The number of fused-ring (bicyclic) bond motifs is 2. The van der Waals surface area contributed by atoms with Crippen LogP contribution in [-0.2, 0) is 14.4 Å². The smallest absolute Gasteiger partial charge is 0.328 e. The van der Waals surface area contributed by atoms with Crippen LogP contribution in [0.25, 0.3) is 39.5 Å². The lowest BCUT2D eigenvalue weighted by atomic mass is 10.3. The third-order valence-electron chi connectivity index (χ3n) is 4.18. The van der Waals surface area contributed by atoms with E-state index in [1.807, 2.05) is 36.4 Å². The highest BCUT2D eigenvalue weighted by atomic mass is 32.1. The van der Waals surface area contributed by atoms with Crippen LogP contribution in [0.3, 0.4) is 0 Å². The molecule has 3 aromatic heterocycles. The minimum atomic E-state index is -1.02. The number of aromatic nitrogens is 3. The second kappa shape index (κ2) is 14.0. The van der Waals surface area contributed by atoms with Crippen molar-refractivity contribution in [2.24, 2.45) is 0 Å². The fourth-order valence-corrected chi connectivity index (χ4v) is 4.07. The molecule has 0 aliphatic carbocycles. The lowest BCUT2D eigenvalue weighted by Gasteiger charge is -1.80. The molecule has 0 aliphatic heterocycles. The van der Waals surface area contributed by atoms with Crippen LogP contribution in [0.1, 0.15) is 15.9 Å². The highest BCUT2D eigenvalue weighted by molar-refractivity contribution is 7.19. The largest absolute Gasteiger partial charge is 0.478 e. The number of oxazole rings is 1. The van der Waals surface area contributed by atoms with E-state index in [4.69, 9.17) is 19.7 Å². The van der Waals surface area contributed by atoms with Crippen LogP contribution < -0.4 is 0 Å². The van der Waals surface area contributed by atoms with Crippen molar-refractivity contribution in [2.75, 3.05) is 0 Å². The zero-order valence-electron chi connectivity index (χ0n) is 19.4. The first kappa shape index (κ1) is 27.6. The molecule has 0 bridgehead atoms. The van der Waals surface area contributed by atoms with E-state index in [-0.39, 0.29) is 0 Å². The number of nitrogens with zero attached hydrogens (tertiary/aromatic N) is 3. The second-order valence-corrected chi connectivity index (χ2v) is 8.91. The molecule has 0 aliphatic rings. The first-order valence-electron chi connectivity index (χ1n) is 10.6. The summed E-state index contributed by atoms with van der Waals surface area (Å²) in [5, 5.41) is 28.3. The van der Waals surface area contributed by atoms with E-state index in [0.29, 0.717) is 21.5 Å². The molecule has 12 heteroatoms. The topological polar surface area (TPSA) is 164 Å². The van der Waals surface area contributed by atoms with Crippen LogP contribution in [0.5, 0.6) is 0 Å². The van der Waals surface area contributed by atoms with E-state index < -0.39 is 17.9 Å². The summed E-state index contributed by atoms with van der Waals surface area (Å²) in [6, 6.07) is 15.0. The van der Waals surface area contributed by atoms with Gasteiger partial charge in [-0.25, -0.2) is 29.3 Å². The molecule has 0 fully saturated rings. The molecule has 0 radical (unpaired) electrons. The molecule has 38 heavy (non-hydrogen) atoms. The lowest BCUT2D eigenvalue weighted by molar-refractivity contribution is -0.132. The van der Waals surface area contributed by atoms with Gasteiger partial charge in [-0.15, -0.1) is 22.7 Å². The number of carboxylic acids is 3. The van der Waals surface area contributed by atoms with Crippen LogP contribution in [-0.4, -0.2) is 48.2 Å². The summed E-state index contributed by atoms with van der Waals surface area (Å²) in [5.41, 5.74) is 2.28. The Morgan fingerprint density at radius 3 is 1.95 bits per heavy atom. The van der Waals surface area contributed by atoms with Crippen LogP contribution in [0.2, 0.25) is 0 Å². The number of carbonyl (C=O) groups is 3. The molecule has 0 amide bonds. The Balaban J connectivity index is 0.000000161. The molecular weight excluding hydrogens is 530 g/mol. The molecule has 3 heterocycles. The van der Waals surface area contributed by atoms with Crippen LogP contribution in [0.4, 0.5) is 0 Å². The third-order valence-corrected chi connectivity index (χ3v) is 5.92. The zero-order chi connectivity index (χ0) is 27.3. The number of hydrogen-bond donors (Lipinski definition) is 3. The Hall–Kier alpha value is -4.94. The maximum absolute atomic E-state index is 10.3. The van der Waals surface area contributed by atoms with Crippen molar-refractivity contribution in [3.63, 3.8) is 0 Å². The van der Waals surface area contributed by atoms with Crippen molar-refractivity contribution in [3.8, 4) is 0 Å². The maximum atomic E-state index is 10.3. The van der Waals surface area contributed by atoms with E-state index in [9.17, 15) is 14.4 Å². The van der Waals surface area contributed by atoms with Gasteiger partial charge in [0.1, 0.15) is 15.5 Å². The molecule has 0 atom stereocenters. The van der Waals surface area contributed by atoms with Crippen LogP contribution >= 0.6 is 22.7 Å². The molecular formula is C26H19N3O7S2. The molecule has 192 valence electrons. The fraction of sp³-hybridized carbons (Fsp3) is 0. The summed E-state index contributed by atoms with van der Waals surface area (Å²) >= 11 is 2.88. The lowest BCUT2D eigenvalue weighted by Crippen LogP contribution is -1.85. The quantitative estimate of drug-likeness (QED) is 0.228. The van der Waals surface area contributed by atoms with E-state index in [0.717, 1.165) is 34.0 Å². The van der Waals surface area contributed by atoms with E-state index >= 15 is 0 Å². The highest BCUT2D eigenvalue weighted by Gasteiger charge is 2.01. The molecule has 0 unspecified atom stereocenters. The van der Waals surface area contributed by atoms with Crippen molar-refractivity contribution in [3.05, 3.63) is 94.2 Å². The summed E-state index contributed by atoms with van der Waals surface area (Å²) in [6.07, 6.45) is 9.08. The number of carboxylic acid groups (broad SMARTS) is 3. The highest BCUT2D eigenvalue weighted by Crippen LogP contribution is 2.22. The van der Waals surface area contributed by atoms with Crippen molar-refractivity contribution in [2.45, 2.75) is 0 Å². The third kappa shape index (κ3) is 9.26. The molecule has 0 saturated carbocycles. The Morgan fingerprint density at radius 1 is 0.737 bits per heavy atom. The van der Waals surface area contributed by atoms with Gasteiger partial charge in [0, 0.05) is 35.9 Å². The summed E-state index contributed by atoms with van der Waals surface area (Å²) in [4.78, 5) is 42.7. The average molecular weight is 550 g/mol. The average Bonchev–Trinajstić information content (AvgIpc) is 3.64. The number of aliphatic carboxylic acids is 3. The summed E-state index contributed by atoms with van der Waals surface area (Å²) in [6.45, 7) is 0. The van der Waals surface area contributed by atoms with Crippen molar-refractivity contribution in [1.82, 2.24) is 15.0 Å². The Morgan fingerprint density at radius 2 is 1.34 bits per heavy atom. The zero-order valence-corrected chi connectivity index (χ0v) is 21.0. The summed E-state index contributed by atoms with van der Waals surface area (Å²) in [5.74, 6) is -2.62. The molecule has 0 saturated heterocycles. The molecule has 3 N–H and O–H groups in total. The molecule has 10 nitrogen and oxygen atoms in total. The maximum Gasteiger partial charge on any atom is 0.328 e. The predicted molar refractivity (Wildman–Crippen MR) is 146 cm³/mol. The molecule has 5 aromatic rings. The van der Waals surface area contributed by atoms with Gasteiger partial charge in [-0.2, -0.15) is 0 Å². The number of thiazole rings is 2. The van der Waals surface area contributed by atoms with Crippen molar-refractivity contribution < 1.29 is 34.1 Å². The van der Waals surface area contributed by atoms with Gasteiger partial charge in [-0.3, -0.25) is 0 Å². The minimum Gasteiger partial charge on any atom is -0.478 e. The normalized spacial score (nSPS) is 10.9. The number of hydrogen-bond acceptors (Lipinski definition) is 9. The Bertz CT molecular complexity index is 1460. The number of para-hydroxylation sites is 3. The predicted octanol–water partition coefficient (Wildman–Crippen LogP) is 5.56. The van der Waals surface area contributed by atoms with Crippen molar-refractivity contribution >= 4 is 80.1 Å². The van der Waals surface area contributed by atoms with E-state index in [2.05, 4.69) is 15.0 Å². The van der Waals surface area contributed by atoms with Gasteiger partial charge in [0.25, 0.3) is 0 Å².